The summed E-state index contributed by atoms with van der Waals surface area (Å²) in [4.78, 5) is 19.0. The fourth-order valence-electron chi connectivity index (χ4n) is 3.87. The van der Waals surface area contributed by atoms with Crippen molar-refractivity contribution in [1.29, 1.82) is 0 Å². The third-order valence-electron chi connectivity index (χ3n) is 5.56. The molecule has 1 aromatic heterocycles. The van der Waals surface area contributed by atoms with Crippen LogP contribution in [0.1, 0.15) is 27.2 Å². The molecule has 0 saturated heterocycles. The normalized spacial score (nSPS) is 12.2. The van der Waals surface area contributed by atoms with E-state index in [2.05, 4.69) is 21.3 Å². The van der Waals surface area contributed by atoms with Crippen LogP contribution in [0, 0.1) is 0 Å². The van der Waals surface area contributed by atoms with Crippen molar-refractivity contribution in [3.05, 3.63) is 119 Å². The van der Waals surface area contributed by atoms with Gasteiger partial charge in [-0.25, -0.2) is 0 Å². The maximum atomic E-state index is 12.5. The Bertz CT molecular complexity index is 1280. The first-order chi connectivity index (χ1) is 16.2. The highest BCUT2D eigenvalue weighted by atomic mass is 35.5. The van der Waals surface area contributed by atoms with E-state index in [0.717, 1.165) is 34.0 Å². The van der Waals surface area contributed by atoms with Gasteiger partial charge in [0.25, 0.3) is 5.91 Å². The number of nitrogens with zero attached hydrogens (tertiary/aromatic N) is 2. The second-order valence-electron chi connectivity index (χ2n) is 7.88. The standard InChI is InChI=1S/C27H22ClN3O2/c28-22-12-13-26-24(15-22)31(18-21-5-1-2-7-25(21)33-26)17-19-8-10-20(11-9-19)27(32)30-16-23-6-3-4-14-29-23/h1-15H,16-18H2,(H,30,32). The predicted octanol–water partition coefficient (Wildman–Crippen LogP) is 5.98. The maximum Gasteiger partial charge on any atom is 0.251 e. The van der Waals surface area contributed by atoms with Crippen molar-refractivity contribution in [2.24, 2.45) is 0 Å². The number of hydrogen-bond donors (Lipinski definition) is 1. The van der Waals surface area contributed by atoms with Crippen LogP contribution in [0.2, 0.25) is 5.02 Å². The molecule has 5 rings (SSSR count). The summed E-state index contributed by atoms with van der Waals surface area (Å²) in [6, 6.07) is 27.0. The lowest BCUT2D eigenvalue weighted by atomic mass is 10.1. The number of halogens is 1. The molecule has 33 heavy (non-hydrogen) atoms. The molecule has 1 aliphatic heterocycles. The topological polar surface area (TPSA) is 54.5 Å². The summed E-state index contributed by atoms with van der Waals surface area (Å²) in [5, 5.41) is 3.57. The molecule has 0 saturated carbocycles. The highest BCUT2D eigenvalue weighted by Crippen LogP contribution is 2.40. The van der Waals surface area contributed by atoms with Gasteiger partial charge in [0.1, 0.15) is 5.75 Å². The summed E-state index contributed by atoms with van der Waals surface area (Å²) in [6.07, 6.45) is 1.72. The van der Waals surface area contributed by atoms with Crippen LogP contribution in [0.4, 0.5) is 5.69 Å². The molecule has 0 bridgehead atoms. The van der Waals surface area contributed by atoms with Gasteiger partial charge >= 0.3 is 0 Å². The Kier molecular flexibility index (Phi) is 5.96. The minimum Gasteiger partial charge on any atom is -0.455 e. The number of carbonyl (C=O) groups is 1. The minimum atomic E-state index is -0.124. The molecule has 3 aromatic carbocycles. The smallest absolute Gasteiger partial charge is 0.251 e. The van der Waals surface area contributed by atoms with Crippen molar-refractivity contribution in [2.45, 2.75) is 19.6 Å². The maximum absolute atomic E-state index is 12.5. The zero-order chi connectivity index (χ0) is 22.6. The zero-order valence-electron chi connectivity index (χ0n) is 17.9. The van der Waals surface area contributed by atoms with Crippen molar-refractivity contribution in [3.63, 3.8) is 0 Å². The number of aromatic nitrogens is 1. The molecule has 0 fully saturated rings. The SMILES string of the molecule is O=C(NCc1ccccn1)c1ccc(CN2Cc3ccccc3Oc3ccc(Cl)cc32)cc1. The first kappa shape index (κ1) is 21.0. The molecule has 0 unspecified atom stereocenters. The van der Waals surface area contributed by atoms with Gasteiger partial charge in [-0.3, -0.25) is 9.78 Å². The van der Waals surface area contributed by atoms with Gasteiger partial charge in [0.15, 0.2) is 5.75 Å². The van der Waals surface area contributed by atoms with Crippen LogP contribution in [-0.2, 0) is 19.6 Å². The number of pyridine rings is 1. The second kappa shape index (κ2) is 9.35. The average molecular weight is 456 g/mol. The third kappa shape index (κ3) is 4.83. The largest absolute Gasteiger partial charge is 0.455 e. The molecule has 0 radical (unpaired) electrons. The monoisotopic (exact) mass is 455 g/mol. The molecule has 164 valence electrons. The highest BCUT2D eigenvalue weighted by Gasteiger charge is 2.21. The number of ether oxygens (including phenoxy) is 1. The number of hydrogen-bond acceptors (Lipinski definition) is 4. The number of carbonyl (C=O) groups excluding carboxylic acids is 1. The summed E-state index contributed by atoms with van der Waals surface area (Å²) in [5.74, 6) is 1.50. The van der Waals surface area contributed by atoms with Crippen LogP contribution >= 0.6 is 11.6 Å². The second-order valence-corrected chi connectivity index (χ2v) is 8.32. The Balaban J connectivity index is 1.33. The molecule has 5 nitrogen and oxygen atoms in total. The summed E-state index contributed by atoms with van der Waals surface area (Å²) in [6.45, 7) is 1.74. The molecule has 0 spiro atoms. The Morgan fingerprint density at radius 3 is 2.61 bits per heavy atom. The highest BCUT2D eigenvalue weighted by molar-refractivity contribution is 6.31. The molecule has 0 aliphatic carbocycles. The quantitative estimate of drug-likeness (QED) is 0.402. The van der Waals surface area contributed by atoms with Gasteiger partial charge in [-0.1, -0.05) is 48.0 Å². The number of fused-ring (bicyclic) bond motifs is 2. The molecule has 0 atom stereocenters. The van der Waals surface area contributed by atoms with Crippen molar-refractivity contribution >= 4 is 23.2 Å². The van der Waals surface area contributed by atoms with Gasteiger partial charge < -0.3 is 15.0 Å². The van der Waals surface area contributed by atoms with Gasteiger partial charge in [-0.2, -0.15) is 0 Å². The summed E-state index contributed by atoms with van der Waals surface area (Å²) in [7, 11) is 0. The van der Waals surface area contributed by atoms with Crippen molar-refractivity contribution in [2.75, 3.05) is 4.90 Å². The zero-order valence-corrected chi connectivity index (χ0v) is 18.6. The van der Waals surface area contributed by atoms with Gasteiger partial charge in [0.2, 0.25) is 0 Å². The average Bonchev–Trinajstić information content (AvgIpc) is 3.00. The first-order valence-corrected chi connectivity index (χ1v) is 11.1. The summed E-state index contributed by atoms with van der Waals surface area (Å²) in [5.41, 5.74) is 4.57. The van der Waals surface area contributed by atoms with E-state index in [1.807, 2.05) is 78.9 Å². The van der Waals surface area contributed by atoms with E-state index in [9.17, 15) is 4.79 Å². The number of benzene rings is 3. The number of para-hydroxylation sites is 1. The fourth-order valence-corrected chi connectivity index (χ4v) is 4.03. The van der Waals surface area contributed by atoms with Crippen molar-refractivity contribution in [3.8, 4) is 11.5 Å². The van der Waals surface area contributed by atoms with Gasteiger partial charge in [0.05, 0.1) is 17.9 Å². The van der Waals surface area contributed by atoms with E-state index in [1.54, 1.807) is 6.20 Å². The van der Waals surface area contributed by atoms with E-state index in [4.69, 9.17) is 16.3 Å². The Labute approximate surface area is 197 Å². The van der Waals surface area contributed by atoms with E-state index in [-0.39, 0.29) is 5.91 Å². The Hall–Kier alpha value is -3.83. The molecular weight excluding hydrogens is 434 g/mol. The number of nitrogens with one attached hydrogen (secondary N) is 1. The van der Waals surface area contributed by atoms with Crippen LogP contribution in [-0.4, -0.2) is 10.9 Å². The van der Waals surface area contributed by atoms with Gasteiger partial charge in [-0.15, -0.1) is 0 Å². The molecule has 1 aliphatic rings. The number of amides is 1. The van der Waals surface area contributed by atoms with Crippen molar-refractivity contribution in [1.82, 2.24) is 10.3 Å². The molecular formula is C27H22ClN3O2. The molecule has 2 heterocycles. The summed E-state index contributed by atoms with van der Waals surface area (Å²) < 4.78 is 6.18. The van der Waals surface area contributed by atoms with Crippen LogP contribution < -0.4 is 15.0 Å². The Morgan fingerprint density at radius 1 is 0.970 bits per heavy atom. The molecule has 1 amide bonds. The predicted molar refractivity (Wildman–Crippen MR) is 130 cm³/mol. The summed E-state index contributed by atoms with van der Waals surface area (Å²) >= 11 is 6.31. The third-order valence-corrected chi connectivity index (χ3v) is 5.80. The molecule has 1 N–H and O–H groups in total. The van der Waals surface area contributed by atoms with Crippen molar-refractivity contribution < 1.29 is 9.53 Å². The first-order valence-electron chi connectivity index (χ1n) is 10.7. The van der Waals surface area contributed by atoms with E-state index >= 15 is 0 Å². The van der Waals surface area contributed by atoms with Gasteiger partial charge in [0, 0.05) is 35.4 Å². The van der Waals surface area contributed by atoms with Gasteiger partial charge in [-0.05, 0) is 54.1 Å². The lowest BCUT2D eigenvalue weighted by molar-refractivity contribution is 0.0950. The molecule has 4 aromatic rings. The lowest BCUT2D eigenvalue weighted by Crippen LogP contribution is -2.23. The van der Waals surface area contributed by atoms with Crippen LogP contribution in [0.5, 0.6) is 11.5 Å². The lowest BCUT2D eigenvalue weighted by Gasteiger charge is -2.24. The van der Waals surface area contributed by atoms with E-state index < -0.39 is 0 Å². The van der Waals surface area contributed by atoms with E-state index in [1.165, 1.54) is 0 Å². The number of anilines is 1. The fraction of sp³-hybridized carbons (Fsp3) is 0.111. The van der Waals surface area contributed by atoms with Crippen LogP contribution in [0.3, 0.4) is 0 Å². The van der Waals surface area contributed by atoms with E-state index in [0.29, 0.717) is 30.2 Å². The minimum absolute atomic E-state index is 0.124. The molecule has 6 heteroatoms. The van der Waals surface area contributed by atoms with Crippen LogP contribution in [0.25, 0.3) is 0 Å². The van der Waals surface area contributed by atoms with Crippen LogP contribution in [0.15, 0.2) is 91.1 Å². The number of rotatable bonds is 5. The Morgan fingerprint density at radius 2 is 1.79 bits per heavy atom.